The Labute approximate surface area is 335 Å². The molecule has 16 atom stereocenters. The fourth-order valence-electron chi connectivity index (χ4n) is 11.6. The molecule has 0 spiro atoms. The number of fused-ring (bicyclic) bond motifs is 5. The Morgan fingerprint density at radius 2 is 1.54 bits per heavy atom. The lowest BCUT2D eigenvalue weighted by Gasteiger charge is -2.67. The first-order chi connectivity index (χ1) is 26.9. The Morgan fingerprint density at radius 1 is 0.877 bits per heavy atom. The van der Waals surface area contributed by atoms with Crippen molar-refractivity contribution in [3.63, 3.8) is 0 Å². The zero-order valence-corrected chi connectivity index (χ0v) is 34.3. The summed E-state index contributed by atoms with van der Waals surface area (Å²) in [6.07, 6.45) is 2.49. The summed E-state index contributed by atoms with van der Waals surface area (Å²) in [6.45, 7) is 8.69. The number of carbonyl (C=O) groups excluding carboxylic acids is 2. The van der Waals surface area contributed by atoms with Gasteiger partial charge in [0.25, 0.3) is 0 Å². The number of methoxy groups -OCH3 is 2. The fraction of sp³-hybridized carbons (Fsp3) is 0.727. The van der Waals surface area contributed by atoms with Gasteiger partial charge in [0.2, 0.25) is 0 Å². The van der Waals surface area contributed by atoms with Gasteiger partial charge in [-0.1, -0.05) is 48.9 Å². The Kier molecular flexibility index (Phi) is 11.8. The highest BCUT2D eigenvalue weighted by molar-refractivity contribution is 5.88. The van der Waals surface area contributed by atoms with Crippen molar-refractivity contribution in [2.75, 3.05) is 14.2 Å². The van der Waals surface area contributed by atoms with Crippen LogP contribution in [0.3, 0.4) is 0 Å². The van der Waals surface area contributed by atoms with Crippen molar-refractivity contribution < 1.29 is 63.2 Å². The maximum atomic E-state index is 13.5. The van der Waals surface area contributed by atoms with Crippen molar-refractivity contribution in [3.05, 3.63) is 53.6 Å². The summed E-state index contributed by atoms with van der Waals surface area (Å²) in [5.41, 5.74) is -6.08. The van der Waals surface area contributed by atoms with Gasteiger partial charge in [0.15, 0.2) is 18.4 Å². The van der Waals surface area contributed by atoms with E-state index < -0.39 is 94.5 Å². The molecule has 16 unspecified atom stereocenters. The highest BCUT2D eigenvalue weighted by Crippen LogP contribution is 2.71. The molecule has 57 heavy (non-hydrogen) atoms. The van der Waals surface area contributed by atoms with Gasteiger partial charge in [0.1, 0.15) is 35.1 Å². The third kappa shape index (κ3) is 6.97. The van der Waals surface area contributed by atoms with Gasteiger partial charge in [-0.15, -0.1) is 0 Å². The normalized spacial score (nSPS) is 47.1. The van der Waals surface area contributed by atoms with Gasteiger partial charge >= 0.3 is 5.97 Å². The van der Waals surface area contributed by atoms with Crippen molar-refractivity contribution in [3.8, 4) is 0 Å². The van der Waals surface area contributed by atoms with Crippen LogP contribution >= 0.6 is 0 Å². The zero-order valence-electron chi connectivity index (χ0n) is 34.3. The summed E-state index contributed by atoms with van der Waals surface area (Å²) in [5, 5.41) is 48.1. The van der Waals surface area contributed by atoms with Crippen molar-refractivity contribution in [2.24, 2.45) is 16.7 Å². The van der Waals surface area contributed by atoms with Crippen LogP contribution in [-0.2, 0) is 42.7 Å². The van der Waals surface area contributed by atoms with Gasteiger partial charge < -0.3 is 53.6 Å². The monoisotopic (exact) mass is 798 g/mol. The summed E-state index contributed by atoms with van der Waals surface area (Å²) in [4.78, 5) is 26.7. The molecule has 0 aromatic heterocycles. The van der Waals surface area contributed by atoms with Crippen LogP contribution in [0.25, 0.3) is 6.08 Å². The average Bonchev–Trinajstić information content (AvgIpc) is 3.42. The van der Waals surface area contributed by atoms with Gasteiger partial charge in [0, 0.05) is 39.1 Å². The summed E-state index contributed by atoms with van der Waals surface area (Å²) in [5.74, 6) is -1.75. The first-order valence-corrected chi connectivity index (χ1v) is 20.6. The van der Waals surface area contributed by atoms with E-state index in [0.29, 0.717) is 32.1 Å². The average molecular weight is 799 g/mol. The molecule has 5 fully saturated rings. The molecule has 7 rings (SSSR count). The van der Waals surface area contributed by atoms with Crippen LogP contribution in [-0.4, -0.2) is 125 Å². The number of ether oxygens (including phenoxy) is 7. The molecule has 3 saturated carbocycles. The van der Waals surface area contributed by atoms with Crippen molar-refractivity contribution in [1.29, 1.82) is 0 Å². The van der Waals surface area contributed by atoms with Crippen LogP contribution in [0.1, 0.15) is 98.0 Å². The summed E-state index contributed by atoms with van der Waals surface area (Å²) >= 11 is 0. The minimum Gasteiger partial charge on any atom is -0.458 e. The van der Waals surface area contributed by atoms with Crippen molar-refractivity contribution >= 4 is 17.8 Å². The van der Waals surface area contributed by atoms with Crippen LogP contribution in [0.5, 0.6) is 0 Å². The van der Waals surface area contributed by atoms with Crippen LogP contribution in [0.4, 0.5) is 0 Å². The zero-order chi connectivity index (χ0) is 41.1. The van der Waals surface area contributed by atoms with Crippen molar-refractivity contribution in [2.45, 2.75) is 171 Å². The number of hydrogen-bond acceptors (Lipinski definition) is 13. The quantitative estimate of drug-likeness (QED) is 0.151. The smallest absolute Gasteiger partial charge is 0.331 e. The second-order valence-corrected chi connectivity index (χ2v) is 17.9. The topological polar surface area (TPSA) is 180 Å². The Morgan fingerprint density at radius 3 is 2.23 bits per heavy atom. The van der Waals surface area contributed by atoms with E-state index in [2.05, 4.69) is 6.92 Å². The third-order valence-electron chi connectivity index (χ3n) is 15.1. The number of hydrogen-bond donors (Lipinski definition) is 4. The highest BCUT2D eigenvalue weighted by Gasteiger charge is 2.81. The third-order valence-corrected chi connectivity index (χ3v) is 15.1. The molecule has 13 nitrogen and oxygen atoms in total. The van der Waals surface area contributed by atoms with Crippen LogP contribution in [0, 0.1) is 16.7 Å². The lowest BCUT2D eigenvalue weighted by atomic mass is 9.42. The van der Waals surface area contributed by atoms with Gasteiger partial charge in [0.05, 0.1) is 35.9 Å². The predicted molar refractivity (Wildman–Crippen MR) is 206 cm³/mol. The molecule has 0 radical (unpaired) electrons. The molecule has 2 aliphatic heterocycles. The number of benzene rings is 1. The maximum absolute atomic E-state index is 13.5. The van der Waals surface area contributed by atoms with Crippen molar-refractivity contribution in [1.82, 2.24) is 0 Å². The molecule has 0 bridgehead atoms. The second kappa shape index (κ2) is 15.8. The summed E-state index contributed by atoms with van der Waals surface area (Å²) in [6, 6.07) is 9.31. The number of carbonyl (C=O) groups is 2. The molecule has 1 aromatic rings. The van der Waals surface area contributed by atoms with E-state index in [1.165, 1.54) is 13.0 Å². The Hall–Kier alpha value is -2.56. The number of esters is 1. The van der Waals surface area contributed by atoms with E-state index in [9.17, 15) is 30.0 Å². The fourth-order valence-corrected chi connectivity index (χ4v) is 11.6. The highest BCUT2D eigenvalue weighted by atomic mass is 16.7. The van der Waals surface area contributed by atoms with E-state index in [0.717, 1.165) is 11.1 Å². The van der Waals surface area contributed by atoms with Gasteiger partial charge in [-0.2, -0.15) is 0 Å². The predicted octanol–water partition coefficient (Wildman–Crippen LogP) is 4.17. The molecule has 316 valence electrons. The lowest BCUT2D eigenvalue weighted by Crippen LogP contribution is -2.78. The molecule has 6 aliphatic rings. The number of aliphatic hydroxyl groups is 4. The molecule has 0 amide bonds. The molecular formula is C44H62O13. The number of Topliss-reactive ketones (excluding diaryl/α,β-unsaturated/α-hetero) is 1. The van der Waals surface area contributed by atoms with Crippen LogP contribution < -0.4 is 0 Å². The first-order valence-electron chi connectivity index (χ1n) is 20.6. The molecule has 4 aliphatic carbocycles. The largest absolute Gasteiger partial charge is 0.458 e. The first kappa shape index (κ1) is 42.6. The van der Waals surface area contributed by atoms with Crippen LogP contribution in [0.15, 0.2) is 48.1 Å². The van der Waals surface area contributed by atoms with E-state index in [1.807, 2.05) is 43.3 Å². The minimum atomic E-state index is -2.02. The second-order valence-electron chi connectivity index (χ2n) is 17.9. The molecule has 1 aromatic carbocycles. The van der Waals surface area contributed by atoms with Gasteiger partial charge in [-0.25, -0.2) is 4.79 Å². The number of rotatable bonds is 10. The number of ketones is 1. The van der Waals surface area contributed by atoms with E-state index in [1.54, 1.807) is 34.1 Å². The lowest BCUT2D eigenvalue weighted by molar-refractivity contribution is -0.322. The van der Waals surface area contributed by atoms with E-state index in [4.69, 9.17) is 33.2 Å². The summed E-state index contributed by atoms with van der Waals surface area (Å²) in [7, 11) is 3.20. The standard InChI is InChI=1S/C44H62O13/c1-25-38(47)31(51-6)22-37(53-25)57-39-26(2)54-36(23-32(39)52-7)55-30-16-17-40(4)29(21-30)15-18-43(49)33(40)24-34(56-35(46)14-13-28-11-9-8-10-12-28)41(5)42(48,27(3)45)19-20-44(41,43)50/h8-15,25-26,30-34,36-39,47-50H,16-24H2,1-7H3. The Bertz CT molecular complexity index is 1700. The maximum Gasteiger partial charge on any atom is 0.331 e. The van der Waals surface area contributed by atoms with E-state index in [-0.39, 0.29) is 37.9 Å². The Balaban J connectivity index is 1.08. The molecule has 13 heteroatoms. The van der Waals surface area contributed by atoms with E-state index >= 15 is 0 Å². The molecule has 4 N–H and O–H groups in total. The van der Waals surface area contributed by atoms with Crippen LogP contribution in [0.2, 0.25) is 0 Å². The molecule has 2 heterocycles. The number of aliphatic hydroxyl groups excluding tert-OH is 1. The van der Waals surface area contributed by atoms with Gasteiger partial charge in [-0.3, -0.25) is 4.79 Å². The summed E-state index contributed by atoms with van der Waals surface area (Å²) < 4.78 is 42.9. The van der Waals surface area contributed by atoms with Gasteiger partial charge in [-0.05, 0) is 89.7 Å². The minimum absolute atomic E-state index is 0.0329. The SMILES string of the molecule is COC1CC(OC2C(C)OC(OC3CCC4(C)C(=CCC5(O)C4CC(OC(=O)C=Cc4ccccc4)C4(C)C(O)(C(C)=O)CCC54O)C3)CC2OC)OC(C)C1O. The molecule has 2 saturated heterocycles. The molecular weight excluding hydrogens is 736 g/mol.